The zero-order valence-electron chi connectivity index (χ0n) is 15.1. The summed E-state index contributed by atoms with van der Waals surface area (Å²) < 4.78 is 13.8. The summed E-state index contributed by atoms with van der Waals surface area (Å²) in [5.41, 5.74) is 0.632. The molecule has 5 nitrogen and oxygen atoms in total. The molecule has 1 aromatic rings. The maximum absolute atomic E-state index is 13.8. The maximum atomic E-state index is 13.8. The number of β-amino-alcohol motifs (C(OH)–C–C–N with tert-alkyl or cyclic N) is 1. The molecule has 0 bridgehead atoms. The predicted octanol–water partition coefficient (Wildman–Crippen LogP) is 0.996. The van der Waals surface area contributed by atoms with E-state index in [1.54, 1.807) is 24.1 Å². The van der Waals surface area contributed by atoms with Crippen molar-refractivity contribution in [3.05, 3.63) is 35.6 Å². The molecule has 0 radical (unpaired) electrons. The zero-order chi connectivity index (χ0) is 18.0. The van der Waals surface area contributed by atoms with Crippen LogP contribution in [0.5, 0.6) is 0 Å². The lowest BCUT2D eigenvalue weighted by molar-refractivity contribution is -0.132. The summed E-state index contributed by atoms with van der Waals surface area (Å²) in [7, 11) is 3.83. The molecule has 0 spiro atoms. The summed E-state index contributed by atoms with van der Waals surface area (Å²) in [5.74, 6) is -0.408. The number of halogens is 1. The average Bonchev–Trinajstić information content (AvgIpc) is 3.37. The largest absolute Gasteiger partial charge is 0.390 e. The lowest BCUT2D eigenvalue weighted by Crippen LogP contribution is -2.49. The van der Waals surface area contributed by atoms with Crippen LogP contribution in [0.4, 0.5) is 4.39 Å². The van der Waals surface area contributed by atoms with E-state index >= 15 is 0 Å². The summed E-state index contributed by atoms with van der Waals surface area (Å²) in [4.78, 5) is 18.7. The summed E-state index contributed by atoms with van der Waals surface area (Å²) in [6.07, 6.45) is 0.140. The highest BCUT2D eigenvalue weighted by Crippen LogP contribution is 2.49. The molecule has 1 aliphatic heterocycles. The number of hydrogen-bond donors (Lipinski definition) is 1. The fraction of sp³-hybridized carbons (Fsp3) is 0.632. The molecule has 6 heteroatoms. The third-order valence-corrected chi connectivity index (χ3v) is 5.34. The minimum atomic E-state index is -0.553. The average molecular weight is 349 g/mol. The number of carbonyl (C=O) groups excluding carboxylic acids is 1. The molecule has 2 fully saturated rings. The molecule has 1 saturated carbocycles. The van der Waals surface area contributed by atoms with Crippen molar-refractivity contribution in [2.45, 2.75) is 18.4 Å². The van der Waals surface area contributed by atoms with Crippen molar-refractivity contribution in [1.82, 2.24) is 14.7 Å². The van der Waals surface area contributed by atoms with E-state index in [4.69, 9.17) is 0 Å². The zero-order valence-corrected chi connectivity index (χ0v) is 15.1. The first-order valence-electron chi connectivity index (χ1n) is 9.04. The van der Waals surface area contributed by atoms with Crippen LogP contribution in [0.1, 0.15) is 17.9 Å². The normalized spacial score (nSPS) is 25.6. The Morgan fingerprint density at radius 1 is 1.32 bits per heavy atom. The monoisotopic (exact) mass is 349 g/mol. The molecular formula is C19H28FN3O2. The Kier molecular flexibility index (Phi) is 5.71. The molecule has 0 aromatic heterocycles. The molecule has 1 aliphatic carbocycles. The van der Waals surface area contributed by atoms with Gasteiger partial charge in [-0.1, -0.05) is 18.2 Å². The standard InChI is InChI=1S/C19H28FN3O2/c1-21-7-9-23(10-8-21)13-14(24)12-22(2)19(25)17-11-16(17)15-5-3-4-6-18(15)20/h3-6,14,16-17,24H,7-13H2,1-2H3. The van der Waals surface area contributed by atoms with Crippen molar-refractivity contribution in [3.63, 3.8) is 0 Å². The number of rotatable bonds is 6. The summed E-state index contributed by atoms with van der Waals surface area (Å²) >= 11 is 0. The minimum absolute atomic E-state index is 0.00526. The van der Waals surface area contributed by atoms with Gasteiger partial charge in [0.15, 0.2) is 0 Å². The molecule has 3 rings (SSSR count). The summed E-state index contributed by atoms with van der Waals surface area (Å²) in [6.45, 7) is 4.83. The second-order valence-corrected chi connectivity index (χ2v) is 7.45. The highest BCUT2D eigenvalue weighted by Gasteiger charge is 2.46. The van der Waals surface area contributed by atoms with Gasteiger partial charge in [0.05, 0.1) is 6.10 Å². The van der Waals surface area contributed by atoms with Crippen LogP contribution >= 0.6 is 0 Å². The number of nitrogens with zero attached hydrogens (tertiary/aromatic N) is 3. The minimum Gasteiger partial charge on any atom is -0.390 e. The number of benzene rings is 1. The first-order valence-corrected chi connectivity index (χ1v) is 9.04. The van der Waals surface area contributed by atoms with Crippen LogP contribution in [0.3, 0.4) is 0 Å². The summed E-state index contributed by atoms with van der Waals surface area (Å²) in [5, 5.41) is 10.3. The van der Waals surface area contributed by atoms with E-state index in [9.17, 15) is 14.3 Å². The van der Waals surface area contributed by atoms with Crippen molar-refractivity contribution in [1.29, 1.82) is 0 Å². The van der Waals surface area contributed by atoms with Crippen LogP contribution in [0.15, 0.2) is 24.3 Å². The first kappa shape index (κ1) is 18.3. The molecule has 3 unspecified atom stereocenters. The molecule has 2 aliphatic rings. The van der Waals surface area contributed by atoms with Gasteiger partial charge in [0, 0.05) is 52.2 Å². The number of amides is 1. The highest BCUT2D eigenvalue weighted by molar-refractivity contribution is 5.82. The Morgan fingerprint density at radius 3 is 2.68 bits per heavy atom. The van der Waals surface area contributed by atoms with Crippen molar-refractivity contribution in [2.75, 3.05) is 53.4 Å². The molecule has 3 atom stereocenters. The maximum Gasteiger partial charge on any atom is 0.226 e. The van der Waals surface area contributed by atoms with E-state index in [1.165, 1.54) is 6.07 Å². The Balaban J connectivity index is 1.46. The van der Waals surface area contributed by atoms with E-state index in [-0.39, 0.29) is 23.6 Å². The second-order valence-electron chi connectivity index (χ2n) is 7.45. The number of piperazine rings is 1. The number of aliphatic hydroxyl groups excluding tert-OH is 1. The van der Waals surface area contributed by atoms with Crippen LogP contribution in [-0.4, -0.2) is 85.2 Å². The summed E-state index contributed by atoms with van der Waals surface area (Å²) in [6, 6.07) is 6.68. The number of likely N-dealkylation sites (N-methyl/N-ethyl adjacent to an activating group) is 2. The van der Waals surface area contributed by atoms with Crippen LogP contribution in [-0.2, 0) is 4.79 Å². The van der Waals surface area contributed by atoms with E-state index in [0.717, 1.165) is 26.2 Å². The van der Waals surface area contributed by atoms with Gasteiger partial charge >= 0.3 is 0 Å². The van der Waals surface area contributed by atoms with Gasteiger partial charge in [-0.15, -0.1) is 0 Å². The van der Waals surface area contributed by atoms with E-state index < -0.39 is 6.10 Å². The highest BCUT2D eigenvalue weighted by atomic mass is 19.1. The van der Waals surface area contributed by atoms with Gasteiger partial charge in [-0.25, -0.2) is 4.39 Å². The van der Waals surface area contributed by atoms with Crippen molar-refractivity contribution >= 4 is 5.91 Å². The Labute approximate surface area is 149 Å². The van der Waals surface area contributed by atoms with E-state index in [1.807, 2.05) is 6.07 Å². The van der Waals surface area contributed by atoms with Gasteiger partial charge in [-0.05, 0) is 31.0 Å². The molecule has 1 N–H and O–H groups in total. The second kappa shape index (κ2) is 7.81. The number of aliphatic hydroxyl groups is 1. The Morgan fingerprint density at radius 2 is 2.00 bits per heavy atom. The van der Waals surface area contributed by atoms with Crippen molar-refractivity contribution in [2.24, 2.45) is 5.92 Å². The van der Waals surface area contributed by atoms with E-state index in [0.29, 0.717) is 25.1 Å². The third-order valence-electron chi connectivity index (χ3n) is 5.34. The van der Waals surface area contributed by atoms with Gasteiger partial charge in [0.2, 0.25) is 5.91 Å². The molecule has 25 heavy (non-hydrogen) atoms. The topological polar surface area (TPSA) is 47.0 Å². The third kappa shape index (κ3) is 4.57. The molecule has 138 valence electrons. The van der Waals surface area contributed by atoms with Crippen molar-refractivity contribution < 1.29 is 14.3 Å². The van der Waals surface area contributed by atoms with Gasteiger partial charge in [0.25, 0.3) is 0 Å². The number of hydrogen-bond acceptors (Lipinski definition) is 4. The molecule has 1 heterocycles. The molecule has 1 amide bonds. The van der Waals surface area contributed by atoms with Crippen LogP contribution < -0.4 is 0 Å². The van der Waals surface area contributed by atoms with E-state index in [2.05, 4.69) is 16.8 Å². The van der Waals surface area contributed by atoms with Gasteiger partial charge in [-0.2, -0.15) is 0 Å². The van der Waals surface area contributed by atoms with Crippen LogP contribution in [0.2, 0.25) is 0 Å². The Bertz CT molecular complexity index is 604. The van der Waals surface area contributed by atoms with Crippen LogP contribution in [0, 0.1) is 11.7 Å². The molecule has 1 saturated heterocycles. The van der Waals surface area contributed by atoms with Gasteiger partial charge in [0.1, 0.15) is 5.82 Å². The molecule has 1 aromatic carbocycles. The smallest absolute Gasteiger partial charge is 0.226 e. The lowest BCUT2D eigenvalue weighted by atomic mass is 10.1. The number of carbonyl (C=O) groups is 1. The van der Waals surface area contributed by atoms with Crippen molar-refractivity contribution in [3.8, 4) is 0 Å². The van der Waals surface area contributed by atoms with Crippen LogP contribution in [0.25, 0.3) is 0 Å². The lowest BCUT2D eigenvalue weighted by Gasteiger charge is -2.34. The fourth-order valence-corrected chi connectivity index (χ4v) is 3.66. The molecular weight excluding hydrogens is 321 g/mol. The quantitative estimate of drug-likeness (QED) is 0.832. The SMILES string of the molecule is CN1CCN(CC(O)CN(C)C(=O)C2CC2c2ccccc2F)CC1. The Hall–Kier alpha value is -1.50. The van der Waals surface area contributed by atoms with Gasteiger partial charge in [-0.3, -0.25) is 9.69 Å². The predicted molar refractivity (Wildman–Crippen MR) is 94.8 cm³/mol. The fourth-order valence-electron chi connectivity index (χ4n) is 3.66. The first-order chi connectivity index (χ1) is 12.0. The van der Waals surface area contributed by atoms with Gasteiger partial charge < -0.3 is 14.9 Å².